The van der Waals surface area contributed by atoms with Crippen LogP contribution in [-0.2, 0) is 14.6 Å². The molecule has 1 aliphatic heterocycles. The Balaban J connectivity index is 2.20. The summed E-state index contributed by atoms with van der Waals surface area (Å²) in [5, 5.41) is 2.91. The fourth-order valence-corrected chi connectivity index (χ4v) is 3.39. The van der Waals surface area contributed by atoms with Gasteiger partial charge in [0.25, 0.3) is 0 Å². The molecule has 1 saturated heterocycles. The Morgan fingerprint density at radius 1 is 1.47 bits per heavy atom. The van der Waals surface area contributed by atoms with Gasteiger partial charge >= 0.3 is 0 Å². The zero-order valence-corrected chi connectivity index (χ0v) is 11.8. The Bertz CT molecular complexity index is 297. The van der Waals surface area contributed by atoms with Crippen molar-refractivity contribution in [2.75, 3.05) is 25.4 Å². The summed E-state index contributed by atoms with van der Waals surface area (Å²) in [6.07, 6.45) is 4.18. The molecular weight excluding hydrogens is 238 g/mol. The molecule has 5 heteroatoms. The summed E-state index contributed by atoms with van der Waals surface area (Å²) in [5.74, 6) is 0.312. The first-order chi connectivity index (χ1) is 8.06. The van der Waals surface area contributed by atoms with E-state index in [0.29, 0.717) is 12.3 Å². The summed E-state index contributed by atoms with van der Waals surface area (Å²) in [6.45, 7) is 5.94. The first kappa shape index (κ1) is 14.9. The third kappa shape index (κ3) is 5.36. The van der Waals surface area contributed by atoms with Crippen LogP contribution in [0, 0.1) is 0 Å². The molecule has 2 atom stereocenters. The van der Waals surface area contributed by atoms with Gasteiger partial charge < -0.3 is 10.1 Å². The molecule has 0 aromatic heterocycles. The van der Waals surface area contributed by atoms with Crippen molar-refractivity contribution in [3.8, 4) is 0 Å². The highest BCUT2D eigenvalue weighted by atomic mass is 32.2. The molecule has 0 radical (unpaired) electrons. The maximum absolute atomic E-state index is 11.8. The highest BCUT2D eigenvalue weighted by molar-refractivity contribution is 7.92. The van der Waals surface area contributed by atoms with E-state index in [1.807, 2.05) is 6.92 Å². The van der Waals surface area contributed by atoms with Crippen molar-refractivity contribution in [1.29, 1.82) is 0 Å². The first-order valence-corrected chi connectivity index (χ1v) is 8.31. The van der Waals surface area contributed by atoms with Crippen molar-refractivity contribution in [2.45, 2.75) is 50.9 Å². The van der Waals surface area contributed by atoms with Gasteiger partial charge in [0.15, 0.2) is 9.84 Å². The quantitative estimate of drug-likeness (QED) is 0.718. The van der Waals surface area contributed by atoms with Crippen molar-refractivity contribution < 1.29 is 13.2 Å². The second-order valence-corrected chi connectivity index (χ2v) is 7.36. The van der Waals surface area contributed by atoms with Gasteiger partial charge in [-0.05, 0) is 26.2 Å². The topological polar surface area (TPSA) is 55.4 Å². The van der Waals surface area contributed by atoms with Gasteiger partial charge in [0.2, 0.25) is 0 Å². The van der Waals surface area contributed by atoms with E-state index in [-0.39, 0.29) is 11.4 Å². The standard InChI is InChI=1S/C12H25NO3S/c1-3-4-8-17(14,15)11(2)9-13-10-12-6-5-7-16-12/h11-13H,3-10H2,1-2H3. The highest BCUT2D eigenvalue weighted by Crippen LogP contribution is 2.11. The lowest BCUT2D eigenvalue weighted by atomic mass is 10.2. The van der Waals surface area contributed by atoms with Gasteiger partial charge in [-0.2, -0.15) is 0 Å². The van der Waals surface area contributed by atoms with Gasteiger partial charge in [0.1, 0.15) is 0 Å². The maximum Gasteiger partial charge on any atom is 0.154 e. The molecule has 1 rings (SSSR count). The Morgan fingerprint density at radius 2 is 2.24 bits per heavy atom. The zero-order chi connectivity index (χ0) is 12.7. The molecule has 1 aliphatic rings. The number of unbranched alkanes of at least 4 members (excludes halogenated alkanes) is 1. The molecule has 4 nitrogen and oxygen atoms in total. The molecule has 2 unspecified atom stereocenters. The molecule has 0 amide bonds. The average molecular weight is 263 g/mol. The summed E-state index contributed by atoms with van der Waals surface area (Å²) in [4.78, 5) is 0. The minimum atomic E-state index is -2.92. The van der Waals surface area contributed by atoms with Gasteiger partial charge in [0, 0.05) is 19.7 Å². The predicted molar refractivity (Wildman–Crippen MR) is 70.0 cm³/mol. The second kappa shape index (κ2) is 7.34. The van der Waals surface area contributed by atoms with Gasteiger partial charge in [-0.25, -0.2) is 8.42 Å². The molecule has 1 heterocycles. The molecule has 0 saturated carbocycles. The molecule has 1 N–H and O–H groups in total. The summed E-state index contributed by atoms with van der Waals surface area (Å²) < 4.78 is 29.2. The van der Waals surface area contributed by atoms with E-state index in [2.05, 4.69) is 5.32 Å². The molecular formula is C12H25NO3S. The first-order valence-electron chi connectivity index (χ1n) is 6.60. The molecule has 0 aliphatic carbocycles. The van der Waals surface area contributed by atoms with Crippen LogP contribution in [0.5, 0.6) is 0 Å². The average Bonchev–Trinajstić information content (AvgIpc) is 2.79. The summed E-state index contributed by atoms with van der Waals surface area (Å²) >= 11 is 0. The van der Waals surface area contributed by atoms with E-state index in [1.54, 1.807) is 6.92 Å². The van der Waals surface area contributed by atoms with Gasteiger partial charge in [-0.1, -0.05) is 13.3 Å². The Kier molecular flexibility index (Phi) is 6.44. The molecule has 0 bridgehead atoms. The van der Waals surface area contributed by atoms with Gasteiger partial charge in [-0.3, -0.25) is 0 Å². The summed E-state index contributed by atoms with van der Waals surface area (Å²) in [6, 6.07) is 0. The molecule has 0 aromatic rings. The van der Waals surface area contributed by atoms with Crippen molar-refractivity contribution >= 4 is 9.84 Å². The molecule has 0 aromatic carbocycles. The van der Waals surface area contributed by atoms with Crippen molar-refractivity contribution in [2.24, 2.45) is 0 Å². The number of sulfone groups is 1. The monoisotopic (exact) mass is 263 g/mol. The minimum Gasteiger partial charge on any atom is -0.377 e. The lowest BCUT2D eigenvalue weighted by Gasteiger charge is -2.15. The highest BCUT2D eigenvalue weighted by Gasteiger charge is 2.21. The molecule has 0 spiro atoms. The van der Waals surface area contributed by atoms with E-state index in [1.165, 1.54) is 0 Å². The van der Waals surface area contributed by atoms with Crippen LogP contribution >= 0.6 is 0 Å². The Labute approximate surface area is 105 Å². The smallest absolute Gasteiger partial charge is 0.154 e. The fourth-order valence-electron chi connectivity index (χ4n) is 1.93. The van der Waals surface area contributed by atoms with Crippen LogP contribution in [0.25, 0.3) is 0 Å². The normalized spacial score (nSPS) is 22.8. The minimum absolute atomic E-state index is 0.278. The predicted octanol–water partition coefficient (Wildman–Crippen LogP) is 1.36. The Hall–Kier alpha value is -0.130. The van der Waals surface area contributed by atoms with E-state index < -0.39 is 9.84 Å². The van der Waals surface area contributed by atoms with Crippen LogP contribution in [0.2, 0.25) is 0 Å². The van der Waals surface area contributed by atoms with Crippen LogP contribution in [-0.4, -0.2) is 45.2 Å². The second-order valence-electron chi connectivity index (χ2n) is 4.82. The van der Waals surface area contributed by atoms with Crippen molar-refractivity contribution in [1.82, 2.24) is 5.32 Å². The fraction of sp³-hybridized carbons (Fsp3) is 1.00. The van der Waals surface area contributed by atoms with Crippen LogP contribution in [0.4, 0.5) is 0 Å². The largest absolute Gasteiger partial charge is 0.377 e. The number of hydrogen-bond acceptors (Lipinski definition) is 4. The van der Waals surface area contributed by atoms with Crippen LogP contribution in [0.3, 0.4) is 0 Å². The molecule has 17 heavy (non-hydrogen) atoms. The van der Waals surface area contributed by atoms with E-state index >= 15 is 0 Å². The lowest BCUT2D eigenvalue weighted by Crippen LogP contribution is -2.36. The lowest BCUT2D eigenvalue weighted by molar-refractivity contribution is 0.110. The number of hydrogen-bond donors (Lipinski definition) is 1. The SMILES string of the molecule is CCCCS(=O)(=O)C(C)CNCC1CCCO1. The van der Waals surface area contributed by atoms with Crippen LogP contribution in [0.15, 0.2) is 0 Å². The van der Waals surface area contributed by atoms with Crippen molar-refractivity contribution in [3.05, 3.63) is 0 Å². The van der Waals surface area contributed by atoms with E-state index in [0.717, 1.165) is 38.8 Å². The third-order valence-corrected chi connectivity index (χ3v) is 5.47. The Morgan fingerprint density at radius 3 is 2.82 bits per heavy atom. The summed E-state index contributed by atoms with van der Waals surface area (Å²) in [5.41, 5.74) is 0. The third-order valence-electron chi connectivity index (χ3n) is 3.22. The van der Waals surface area contributed by atoms with Crippen LogP contribution in [0.1, 0.15) is 39.5 Å². The van der Waals surface area contributed by atoms with E-state index in [4.69, 9.17) is 4.74 Å². The van der Waals surface area contributed by atoms with Gasteiger partial charge in [-0.15, -0.1) is 0 Å². The van der Waals surface area contributed by atoms with Gasteiger partial charge in [0.05, 0.1) is 17.1 Å². The van der Waals surface area contributed by atoms with E-state index in [9.17, 15) is 8.42 Å². The number of nitrogens with one attached hydrogen (secondary N) is 1. The molecule has 1 fully saturated rings. The molecule has 102 valence electrons. The number of ether oxygens (including phenoxy) is 1. The van der Waals surface area contributed by atoms with Crippen LogP contribution < -0.4 is 5.32 Å². The van der Waals surface area contributed by atoms with Crippen molar-refractivity contribution in [3.63, 3.8) is 0 Å². The number of rotatable bonds is 8. The maximum atomic E-state index is 11.8. The summed E-state index contributed by atoms with van der Waals surface area (Å²) in [7, 11) is -2.92. The zero-order valence-electron chi connectivity index (χ0n) is 10.9.